The number of rotatable bonds is 2. The van der Waals surface area contributed by atoms with Crippen LogP contribution in [0.25, 0.3) is 22.3 Å². The fourth-order valence-electron chi connectivity index (χ4n) is 2.72. The molecular formula is C19H11ClN4O. The molecule has 2 aromatic carbocycles. The highest BCUT2D eigenvalue weighted by Gasteiger charge is 2.20. The first-order valence-corrected chi connectivity index (χ1v) is 7.66. The molecule has 3 rings (SSSR count). The van der Waals surface area contributed by atoms with E-state index in [0.717, 1.165) is 11.1 Å². The Morgan fingerprint density at radius 3 is 2.28 bits per heavy atom. The van der Waals surface area contributed by atoms with Crippen LogP contribution in [-0.4, -0.2) is 4.98 Å². The van der Waals surface area contributed by atoms with Crippen molar-refractivity contribution >= 4 is 17.4 Å². The second kappa shape index (κ2) is 6.52. The summed E-state index contributed by atoms with van der Waals surface area (Å²) in [6, 6.07) is 18.2. The lowest BCUT2D eigenvalue weighted by atomic mass is 9.90. The number of pyridine rings is 1. The summed E-state index contributed by atoms with van der Waals surface area (Å²) in [5.74, 6) is -0.0672. The Morgan fingerprint density at radius 1 is 0.960 bits per heavy atom. The number of aromatic nitrogens is 1. The van der Waals surface area contributed by atoms with Crippen LogP contribution in [0.5, 0.6) is 0 Å². The zero-order valence-corrected chi connectivity index (χ0v) is 13.6. The summed E-state index contributed by atoms with van der Waals surface area (Å²) >= 11 is 6.08. The van der Waals surface area contributed by atoms with Gasteiger partial charge in [-0.15, -0.1) is 0 Å². The van der Waals surface area contributed by atoms with Crippen molar-refractivity contribution < 1.29 is 0 Å². The number of aromatic amines is 1. The lowest BCUT2D eigenvalue weighted by Gasteiger charge is -2.14. The lowest BCUT2D eigenvalue weighted by molar-refractivity contribution is 1.21. The second-order valence-electron chi connectivity index (χ2n) is 5.27. The van der Waals surface area contributed by atoms with Crippen LogP contribution in [0.15, 0.2) is 53.3 Å². The third-order valence-electron chi connectivity index (χ3n) is 3.80. The van der Waals surface area contributed by atoms with Gasteiger partial charge in [-0.25, -0.2) is 0 Å². The minimum absolute atomic E-state index is 0.0608. The number of benzene rings is 2. The van der Waals surface area contributed by atoms with Gasteiger partial charge in [0.25, 0.3) is 5.56 Å². The zero-order valence-electron chi connectivity index (χ0n) is 12.9. The molecule has 0 unspecified atom stereocenters. The summed E-state index contributed by atoms with van der Waals surface area (Å²) in [6.07, 6.45) is 0. The molecule has 0 spiro atoms. The van der Waals surface area contributed by atoms with Gasteiger partial charge in [-0.1, -0.05) is 48.0 Å². The minimum Gasteiger partial charge on any atom is -0.384 e. The summed E-state index contributed by atoms with van der Waals surface area (Å²) in [7, 11) is 0. The monoisotopic (exact) mass is 346 g/mol. The second-order valence-corrected chi connectivity index (χ2v) is 5.71. The van der Waals surface area contributed by atoms with Crippen molar-refractivity contribution in [1.82, 2.24) is 4.98 Å². The number of nitrogens with two attached hydrogens (primary N) is 1. The Hall–Kier alpha value is -3.54. The number of hydrogen-bond donors (Lipinski definition) is 2. The number of halogens is 1. The number of H-pyrrole nitrogens is 1. The van der Waals surface area contributed by atoms with Gasteiger partial charge < -0.3 is 10.7 Å². The van der Waals surface area contributed by atoms with Gasteiger partial charge in [0.15, 0.2) is 0 Å². The lowest BCUT2D eigenvalue weighted by Crippen LogP contribution is -2.16. The molecule has 0 saturated heterocycles. The van der Waals surface area contributed by atoms with Crippen molar-refractivity contribution in [2.45, 2.75) is 0 Å². The van der Waals surface area contributed by atoms with E-state index in [0.29, 0.717) is 10.6 Å². The van der Waals surface area contributed by atoms with E-state index in [2.05, 4.69) is 4.98 Å². The molecule has 0 aliphatic rings. The first-order chi connectivity index (χ1) is 12.1. The molecule has 120 valence electrons. The van der Waals surface area contributed by atoms with E-state index in [9.17, 15) is 15.3 Å². The predicted octanol–water partition coefficient (Wildman–Crippen LogP) is 3.69. The predicted molar refractivity (Wildman–Crippen MR) is 96.8 cm³/mol. The molecule has 0 atom stereocenters. The maximum absolute atomic E-state index is 12.1. The third-order valence-corrected chi connectivity index (χ3v) is 4.04. The molecule has 1 aromatic heterocycles. The topological polar surface area (TPSA) is 106 Å². The quantitative estimate of drug-likeness (QED) is 0.737. The minimum atomic E-state index is -0.630. The molecule has 1 heterocycles. The highest BCUT2D eigenvalue weighted by atomic mass is 35.5. The third kappa shape index (κ3) is 2.85. The summed E-state index contributed by atoms with van der Waals surface area (Å²) in [5.41, 5.74) is 7.41. The van der Waals surface area contributed by atoms with E-state index in [4.69, 9.17) is 17.3 Å². The van der Waals surface area contributed by atoms with Crippen molar-refractivity contribution in [3.05, 3.63) is 75.0 Å². The summed E-state index contributed by atoms with van der Waals surface area (Å²) < 4.78 is 0. The van der Waals surface area contributed by atoms with Gasteiger partial charge in [0.2, 0.25) is 0 Å². The number of anilines is 1. The molecule has 3 N–H and O–H groups in total. The van der Waals surface area contributed by atoms with Crippen LogP contribution in [0.4, 0.5) is 5.82 Å². The largest absolute Gasteiger partial charge is 0.384 e. The molecule has 0 aliphatic heterocycles. The van der Waals surface area contributed by atoms with Crippen LogP contribution < -0.4 is 11.3 Å². The first-order valence-electron chi connectivity index (χ1n) is 7.28. The fourth-order valence-corrected chi connectivity index (χ4v) is 2.91. The first kappa shape index (κ1) is 16.3. The molecule has 3 aromatic rings. The van der Waals surface area contributed by atoms with Gasteiger partial charge >= 0.3 is 0 Å². The van der Waals surface area contributed by atoms with Crippen LogP contribution in [-0.2, 0) is 0 Å². The van der Waals surface area contributed by atoms with Crippen LogP contribution >= 0.6 is 11.6 Å². The molecule has 0 amide bonds. The summed E-state index contributed by atoms with van der Waals surface area (Å²) in [6.45, 7) is 0. The van der Waals surface area contributed by atoms with Gasteiger partial charge in [-0.05, 0) is 28.8 Å². The molecular weight excluding hydrogens is 336 g/mol. The average Bonchev–Trinajstić information content (AvgIpc) is 2.61. The van der Waals surface area contributed by atoms with Crippen molar-refractivity contribution in [3.63, 3.8) is 0 Å². The summed E-state index contributed by atoms with van der Waals surface area (Å²) in [4.78, 5) is 14.5. The molecule has 0 aliphatic carbocycles. The Kier molecular flexibility index (Phi) is 4.26. The normalized spacial score (nSPS) is 10.0. The summed E-state index contributed by atoms with van der Waals surface area (Å²) in [5, 5.41) is 19.5. The Bertz CT molecular complexity index is 1120. The number of nitrogens with one attached hydrogen (secondary N) is 1. The number of nitrogens with zero attached hydrogens (tertiary/aromatic N) is 2. The van der Waals surface area contributed by atoms with E-state index in [1.54, 1.807) is 30.3 Å². The van der Waals surface area contributed by atoms with Crippen molar-refractivity contribution in [1.29, 1.82) is 10.5 Å². The van der Waals surface area contributed by atoms with Gasteiger partial charge in [0, 0.05) is 10.6 Å². The van der Waals surface area contributed by atoms with E-state index >= 15 is 0 Å². The molecule has 6 heteroatoms. The number of hydrogen-bond acceptors (Lipinski definition) is 4. The van der Waals surface area contributed by atoms with Gasteiger partial charge in [0.05, 0.1) is 0 Å². The van der Waals surface area contributed by atoms with Crippen molar-refractivity contribution in [2.75, 3.05) is 5.73 Å². The average molecular weight is 347 g/mol. The maximum atomic E-state index is 12.1. The van der Waals surface area contributed by atoms with Gasteiger partial charge in [-0.2, -0.15) is 10.5 Å². The standard InChI is InChI=1S/C19H11ClN4O/c20-12-5-3-4-11(8-12)13-6-1-2-7-14(13)17-15(9-21)18(23)24-19(25)16(17)10-22/h1-8H,(H3,23,24,25). The van der Waals surface area contributed by atoms with Crippen molar-refractivity contribution in [3.8, 4) is 34.4 Å². The highest BCUT2D eigenvalue weighted by molar-refractivity contribution is 6.30. The Balaban J connectivity index is 2.43. The van der Waals surface area contributed by atoms with Crippen LogP contribution in [0.2, 0.25) is 5.02 Å². The maximum Gasteiger partial charge on any atom is 0.268 e. The number of nitrogen functional groups attached to an aromatic ring is 1. The van der Waals surface area contributed by atoms with Crippen LogP contribution in [0.1, 0.15) is 11.1 Å². The van der Waals surface area contributed by atoms with Crippen LogP contribution in [0, 0.1) is 22.7 Å². The van der Waals surface area contributed by atoms with E-state index in [1.807, 2.05) is 30.3 Å². The molecule has 0 radical (unpaired) electrons. The smallest absolute Gasteiger partial charge is 0.268 e. The van der Waals surface area contributed by atoms with Crippen molar-refractivity contribution in [2.24, 2.45) is 0 Å². The van der Waals surface area contributed by atoms with Gasteiger partial charge in [-0.3, -0.25) is 4.79 Å². The molecule has 5 nitrogen and oxygen atoms in total. The Labute approximate surface area is 148 Å². The van der Waals surface area contributed by atoms with Crippen LogP contribution in [0.3, 0.4) is 0 Å². The fraction of sp³-hybridized carbons (Fsp3) is 0. The molecule has 0 saturated carbocycles. The Morgan fingerprint density at radius 2 is 1.64 bits per heavy atom. The van der Waals surface area contributed by atoms with Gasteiger partial charge in [0.1, 0.15) is 29.1 Å². The number of nitriles is 2. The molecule has 25 heavy (non-hydrogen) atoms. The van der Waals surface area contributed by atoms with E-state index in [1.165, 1.54) is 0 Å². The molecule has 0 fully saturated rings. The highest BCUT2D eigenvalue weighted by Crippen LogP contribution is 2.36. The van der Waals surface area contributed by atoms with E-state index < -0.39 is 5.56 Å². The van der Waals surface area contributed by atoms with E-state index in [-0.39, 0.29) is 22.5 Å². The zero-order chi connectivity index (χ0) is 18.0. The SMILES string of the molecule is N#Cc1c(N)[nH]c(=O)c(C#N)c1-c1ccccc1-c1cccc(Cl)c1. The molecule has 0 bridgehead atoms.